The monoisotopic (exact) mass is 948 g/mol. The van der Waals surface area contributed by atoms with Crippen molar-refractivity contribution in [3.05, 3.63) is 55.2 Å². The molecule has 16 heteroatoms. The van der Waals surface area contributed by atoms with Crippen molar-refractivity contribution in [2.75, 3.05) is 13.2 Å². The summed E-state index contributed by atoms with van der Waals surface area (Å²) in [6, 6.07) is -0.748. The molecular weight excluding hydrogens is 871 g/mol. The van der Waals surface area contributed by atoms with E-state index in [0.717, 1.165) is 64.2 Å². The number of rotatable bonds is 14. The van der Waals surface area contributed by atoms with Gasteiger partial charge in [-0.3, -0.25) is 33.5 Å². The first-order valence-electron chi connectivity index (χ1n) is 25.0. The Kier molecular flexibility index (Phi) is 13.7. The Bertz CT molecular complexity index is 2360. The Morgan fingerprint density at radius 3 is 2.26 bits per heavy atom. The highest BCUT2D eigenvalue weighted by molar-refractivity contribution is 5.83. The Labute approximate surface area is 400 Å². The predicted molar refractivity (Wildman–Crippen MR) is 253 cm³/mol. The second-order valence-corrected chi connectivity index (χ2v) is 24.7. The summed E-state index contributed by atoms with van der Waals surface area (Å²) < 4.78 is 25.4. The van der Waals surface area contributed by atoms with Gasteiger partial charge in [0.1, 0.15) is 25.0 Å². The standard InChI is InChI=1S/C52H77N5O11/c1-29(2)31-15-20-52(28-66-44(63)47(6,7)24-39(58)65-27-34-33(55-56-53)23-38(67-34)57-26-30(3)42(60)54-45(57)64)22-21-50(11)32(41(31)52)13-14-36-49(10)18-17-37(68-40(59)25-46(4,5)43(61)62)48(8,9)35(49)16-19-51(36,50)12/h26,31-38,41H,1,13-25,27-28H2,2-12H3,(H,61,62)(H,54,60,64)/t31-,32+,33?,34+,35-,36+,37-,38+,41+,49-,50+,51+,52+/m0/s1. The van der Waals surface area contributed by atoms with Gasteiger partial charge < -0.3 is 24.1 Å². The highest BCUT2D eigenvalue weighted by Crippen LogP contribution is 2.77. The number of carbonyl (C=O) groups is 4. The number of aryl methyl sites for hydroxylation is 1. The number of carboxylic acid groups (broad SMARTS) is 1. The van der Waals surface area contributed by atoms with Gasteiger partial charge >= 0.3 is 29.6 Å². The lowest BCUT2D eigenvalue weighted by Gasteiger charge is -2.73. The van der Waals surface area contributed by atoms with Crippen LogP contribution in [0, 0.1) is 74.4 Å². The quantitative estimate of drug-likeness (QED) is 0.0446. The second kappa shape index (κ2) is 18.1. The normalized spacial score (nSPS) is 37.2. The number of hydrogen-bond acceptors (Lipinski definition) is 11. The zero-order chi connectivity index (χ0) is 50.2. The van der Waals surface area contributed by atoms with Crippen molar-refractivity contribution in [1.29, 1.82) is 0 Å². The van der Waals surface area contributed by atoms with Gasteiger partial charge in [-0.15, -0.1) is 0 Å². The molecule has 16 nitrogen and oxygen atoms in total. The topological polar surface area (TPSA) is 229 Å². The molecule has 2 N–H and O–H groups in total. The minimum absolute atomic E-state index is 0.0362. The van der Waals surface area contributed by atoms with Crippen LogP contribution < -0.4 is 11.2 Å². The van der Waals surface area contributed by atoms with E-state index in [0.29, 0.717) is 35.2 Å². The predicted octanol–water partition coefficient (Wildman–Crippen LogP) is 9.38. The van der Waals surface area contributed by atoms with E-state index in [2.05, 4.69) is 63.1 Å². The Morgan fingerprint density at radius 1 is 0.912 bits per heavy atom. The number of H-pyrrole nitrogens is 1. The van der Waals surface area contributed by atoms with E-state index in [9.17, 15) is 39.4 Å². The van der Waals surface area contributed by atoms with Crippen LogP contribution >= 0.6 is 0 Å². The van der Waals surface area contributed by atoms with Crippen LogP contribution in [-0.4, -0.2) is 70.0 Å². The van der Waals surface area contributed by atoms with E-state index < -0.39 is 64.3 Å². The fourth-order valence-electron chi connectivity index (χ4n) is 15.4. The molecule has 0 bridgehead atoms. The summed E-state index contributed by atoms with van der Waals surface area (Å²) in [5.41, 5.74) is 6.76. The third-order valence-electron chi connectivity index (χ3n) is 19.5. The molecule has 5 aliphatic carbocycles. The number of aliphatic carboxylic acids is 1. The number of nitrogens with one attached hydrogen (secondary N) is 1. The Balaban J connectivity index is 1.01. The fourth-order valence-corrected chi connectivity index (χ4v) is 15.4. The van der Waals surface area contributed by atoms with Crippen molar-refractivity contribution in [3.8, 4) is 0 Å². The van der Waals surface area contributed by atoms with E-state index in [1.165, 1.54) is 16.3 Å². The first-order valence-corrected chi connectivity index (χ1v) is 25.0. The van der Waals surface area contributed by atoms with Gasteiger partial charge in [0.05, 0.1) is 36.3 Å². The summed E-state index contributed by atoms with van der Waals surface area (Å²) in [5, 5.41) is 13.5. The molecule has 0 spiro atoms. The number of allylic oxidation sites excluding steroid dienone is 1. The van der Waals surface area contributed by atoms with E-state index in [-0.39, 0.29) is 65.7 Å². The molecule has 1 aliphatic heterocycles. The number of aromatic amines is 1. The van der Waals surface area contributed by atoms with Crippen LogP contribution in [0.15, 0.2) is 33.1 Å². The van der Waals surface area contributed by atoms with Gasteiger partial charge in [-0.05, 0) is 157 Å². The van der Waals surface area contributed by atoms with Gasteiger partial charge in [0.25, 0.3) is 5.56 Å². The zero-order valence-corrected chi connectivity index (χ0v) is 42.4. The second-order valence-electron chi connectivity index (χ2n) is 24.7. The number of esters is 3. The van der Waals surface area contributed by atoms with Crippen molar-refractivity contribution >= 4 is 23.9 Å². The molecule has 13 atom stereocenters. The van der Waals surface area contributed by atoms with Gasteiger partial charge in [0.2, 0.25) is 0 Å². The number of hydrogen-bond donors (Lipinski definition) is 2. The molecule has 6 fully saturated rings. The minimum Gasteiger partial charge on any atom is -0.481 e. The van der Waals surface area contributed by atoms with Crippen molar-refractivity contribution in [2.45, 2.75) is 184 Å². The van der Waals surface area contributed by atoms with E-state index >= 15 is 0 Å². The van der Waals surface area contributed by atoms with Crippen LogP contribution in [0.3, 0.4) is 0 Å². The van der Waals surface area contributed by atoms with E-state index in [4.69, 9.17) is 18.9 Å². The number of aromatic nitrogens is 2. The maximum atomic E-state index is 14.1. The third-order valence-corrected chi connectivity index (χ3v) is 19.5. The van der Waals surface area contributed by atoms with Crippen molar-refractivity contribution in [2.24, 2.45) is 72.6 Å². The van der Waals surface area contributed by atoms with Crippen LogP contribution in [0.2, 0.25) is 0 Å². The van der Waals surface area contributed by atoms with Crippen LogP contribution in [0.1, 0.15) is 164 Å². The van der Waals surface area contributed by atoms with Gasteiger partial charge in [0.15, 0.2) is 0 Å². The summed E-state index contributed by atoms with van der Waals surface area (Å²) in [4.78, 5) is 82.1. The van der Waals surface area contributed by atoms with Crippen molar-refractivity contribution in [3.63, 3.8) is 0 Å². The molecule has 0 aromatic carbocycles. The van der Waals surface area contributed by atoms with E-state index in [1.807, 2.05) is 0 Å². The summed E-state index contributed by atoms with van der Waals surface area (Å²) in [6.45, 7) is 26.9. The number of nitrogens with zero attached hydrogens (tertiary/aromatic N) is 4. The van der Waals surface area contributed by atoms with Crippen LogP contribution in [-0.2, 0) is 38.1 Å². The van der Waals surface area contributed by atoms with Crippen LogP contribution in [0.25, 0.3) is 10.4 Å². The number of fused-ring (bicyclic) bond motifs is 7. The number of carbonyl (C=O) groups excluding carboxylic acids is 3. The molecule has 1 saturated heterocycles. The number of ether oxygens (including phenoxy) is 4. The molecule has 7 rings (SSSR count). The first-order chi connectivity index (χ1) is 31.6. The lowest BCUT2D eigenvalue weighted by molar-refractivity contribution is -0.252. The maximum absolute atomic E-state index is 14.1. The largest absolute Gasteiger partial charge is 0.481 e. The SMILES string of the molecule is C=C(C)[C@@H]1CC[C@]2(COC(=O)C(C)(C)CC(=O)OC[C@H]3O[C@@H](n4cc(C)c(=O)[nH]c4=O)CC3N=[N+]=[N-])CC[C@]3(C)[C@H](CC[C@@H]4[C@@]5(C)CC[C@H](OC(=O)CC(C)(C)C(=O)O)C(C)(C)[C@@H]5CC[C@]43C)[C@@H]12. The molecule has 1 unspecified atom stereocenters. The van der Waals surface area contributed by atoms with Crippen molar-refractivity contribution in [1.82, 2.24) is 9.55 Å². The summed E-state index contributed by atoms with van der Waals surface area (Å²) in [5.74, 6) is -0.744. The Hall–Kier alpha value is -4.43. The smallest absolute Gasteiger partial charge is 0.330 e. The number of azide groups is 1. The average Bonchev–Trinajstić information content (AvgIpc) is 3.83. The summed E-state index contributed by atoms with van der Waals surface area (Å²) in [6.07, 6.45) is 9.00. The molecule has 376 valence electrons. The minimum atomic E-state index is -1.21. The molecule has 0 amide bonds. The van der Waals surface area contributed by atoms with E-state index in [1.54, 1.807) is 34.6 Å². The number of carboxylic acids is 1. The molecule has 1 aromatic heterocycles. The maximum Gasteiger partial charge on any atom is 0.330 e. The molecule has 6 aliphatic rings. The molecule has 68 heavy (non-hydrogen) atoms. The van der Waals surface area contributed by atoms with Crippen LogP contribution in [0.4, 0.5) is 0 Å². The van der Waals surface area contributed by atoms with Gasteiger partial charge in [-0.2, -0.15) is 0 Å². The molecule has 0 radical (unpaired) electrons. The lowest BCUT2D eigenvalue weighted by Crippen LogP contribution is -2.67. The highest BCUT2D eigenvalue weighted by atomic mass is 16.6. The zero-order valence-electron chi connectivity index (χ0n) is 42.4. The molecule has 5 saturated carbocycles. The van der Waals surface area contributed by atoms with Gasteiger partial charge in [-0.25, -0.2) is 4.79 Å². The summed E-state index contributed by atoms with van der Waals surface area (Å²) >= 11 is 0. The first kappa shape index (κ1) is 51.4. The highest BCUT2D eigenvalue weighted by Gasteiger charge is 2.71. The molecule has 1 aromatic rings. The van der Waals surface area contributed by atoms with Crippen LogP contribution in [0.5, 0.6) is 0 Å². The van der Waals surface area contributed by atoms with Crippen molar-refractivity contribution < 1.29 is 43.2 Å². The third kappa shape index (κ3) is 8.76. The fraction of sp³-hybridized carbons (Fsp3) is 0.808. The lowest BCUT2D eigenvalue weighted by atomic mass is 9.32. The van der Waals surface area contributed by atoms with Gasteiger partial charge in [0, 0.05) is 33.9 Å². The summed E-state index contributed by atoms with van der Waals surface area (Å²) in [7, 11) is 0. The molecular formula is C52H77N5O11. The molecule has 2 heterocycles. The Morgan fingerprint density at radius 2 is 1.60 bits per heavy atom. The van der Waals surface area contributed by atoms with Gasteiger partial charge in [-0.1, -0.05) is 51.9 Å². The average molecular weight is 948 g/mol.